The molecule has 0 spiro atoms. The zero-order valence-electron chi connectivity index (χ0n) is 14.4. The number of carbonyl (C=O) groups excluding carboxylic acids is 3. The molecule has 0 N–H and O–H groups in total. The van der Waals surface area contributed by atoms with Crippen molar-refractivity contribution in [2.24, 2.45) is 23.7 Å². The molecule has 0 unspecified atom stereocenters. The first kappa shape index (κ1) is 16.1. The minimum atomic E-state index is -0.101. The number of carbonyl (C=O) groups is 3. The lowest BCUT2D eigenvalue weighted by Crippen LogP contribution is -2.39. The van der Waals surface area contributed by atoms with E-state index in [4.69, 9.17) is 0 Å². The maximum absolute atomic E-state index is 12.6. The minimum Gasteiger partial charge on any atom is -0.342 e. The highest BCUT2D eigenvalue weighted by Crippen LogP contribution is 2.38. The van der Waals surface area contributed by atoms with Gasteiger partial charge in [-0.05, 0) is 50.4 Å². The summed E-state index contributed by atoms with van der Waals surface area (Å²) in [5, 5.41) is 0. The summed E-state index contributed by atoms with van der Waals surface area (Å²) in [6, 6.07) is 0. The molecular weight excluding hydrogens is 304 g/mol. The van der Waals surface area contributed by atoms with E-state index in [1.54, 1.807) is 0 Å². The van der Waals surface area contributed by atoms with Gasteiger partial charge in [0.1, 0.15) is 0 Å². The van der Waals surface area contributed by atoms with Gasteiger partial charge >= 0.3 is 0 Å². The number of amides is 3. The van der Waals surface area contributed by atoms with Crippen molar-refractivity contribution < 1.29 is 14.4 Å². The van der Waals surface area contributed by atoms with E-state index < -0.39 is 0 Å². The number of fused-ring (bicyclic) bond motifs is 1. The number of rotatable bonds is 7. The van der Waals surface area contributed by atoms with Crippen LogP contribution in [-0.2, 0) is 14.4 Å². The van der Waals surface area contributed by atoms with Gasteiger partial charge in [-0.25, -0.2) is 0 Å². The normalized spacial score (nSPS) is 29.8. The summed E-state index contributed by atoms with van der Waals surface area (Å²) >= 11 is 0. The maximum Gasteiger partial charge on any atom is 0.233 e. The summed E-state index contributed by atoms with van der Waals surface area (Å²) < 4.78 is 0. The van der Waals surface area contributed by atoms with E-state index in [0.717, 1.165) is 38.8 Å². The van der Waals surface area contributed by atoms with Gasteiger partial charge < -0.3 is 4.90 Å². The van der Waals surface area contributed by atoms with E-state index in [9.17, 15) is 14.4 Å². The summed E-state index contributed by atoms with van der Waals surface area (Å²) in [6.45, 7) is 2.04. The molecule has 0 bridgehead atoms. The summed E-state index contributed by atoms with van der Waals surface area (Å²) in [4.78, 5) is 41.0. The van der Waals surface area contributed by atoms with Crippen molar-refractivity contribution in [1.29, 1.82) is 0 Å². The Morgan fingerprint density at radius 1 is 0.875 bits per heavy atom. The van der Waals surface area contributed by atoms with Crippen LogP contribution < -0.4 is 0 Å². The molecule has 1 aliphatic heterocycles. The molecule has 2 atom stereocenters. The second kappa shape index (κ2) is 6.49. The smallest absolute Gasteiger partial charge is 0.233 e. The van der Waals surface area contributed by atoms with Crippen LogP contribution in [0.25, 0.3) is 0 Å². The summed E-state index contributed by atoms with van der Waals surface area (Å²) in [5.74, 6) is 1.26. The molecule has 1 heterocycles. The van der Waals surface area contributed by atoms with Crippen molar-refractivity contribution in [2.75, 3.05) is 19.6 Å². The standard InChI is InChI=1S/C19H28N2O3/c22-17(20(11-13-5-6-13)12-14-7-8-14)9-10-21-18(23)15-3-1-2-4-16(15)19(21)24/h13-16H,1-12H2/t15-,16-/m1/s1. The molecular formula is C19H28N2O3. The van der Waals surface area contributed by atoms with Crippen molar-refractivity contribution in [3.63, 3.8) is 0 Å². The molecule has 0 aromatic heterocycles. The van der Waals surface area contributed by atoms with E-state index in [2.05, 4.69) is 0 Å². The summed E-state index contributed by atoms with van der Waals surface area (Å²) in [5.41, 5.74) is 0. The molecule has 4 aliphatic rings. The van der Waals surface area contributed by atoms with Crippen molar-refractivity contribution in [3.05, 3.63) is 0 Å². The molecule has 0 aromatic rings. The molecule has 4 fully saturated rings. The molecule has 4 rings (SSSR count). The third-order valence-corrected chi connectivity index (χ3v) is 6.19. The van der Waals surface area contributed by atoms with Gasteiger partial charge in [0.15, 0.2) is 0 Å². The molecule has 5 nitrogen and oxygen atoms in total. The SMILES string of the molecule is O=C(CCN1C(=O)[C@@H]2CCCC[C@H]2C1=O)N(CC1CC1)CC1CC1. The zero-order valence-corrected chi connectivity index (χ0v) is 14.4. The highest BCUT2D eigenvalue weighted by atomic mass is 16.2. The van der Waals surface area contributed by atoms with Gasteiger partial charge in [0.05, 0.1) is 11.8 Å². The van der Waals surface area contributed by atoms with Gasteiger partial charge in [-0.1, -0.05) is 12.8 Å². The van der Waals surface area contributed by atoms with Crippen LogP contribution >= 0.6 is 0 Å². The summed E-state index contributed by atoms with van der Waals surface area (Å²) in [7, 11) is 0. The van der Waals surface area contributed by atoms with Gasteiger partial charge in [-0.15, -0.1) is 0 Å². The molecule has 0 radical (unpaired) electrons. The first-order valence-corrected chi connectivity index (χ1v) is 9.76. The molecule has 3 saturated carbocycles. The number of likely N-dealkylation sites (tertiary alicyclic amines) is 1. The van der Waals surface area contributed by atoms with Crippen molar-refractivity contribution in [1.82, 2.24) is 9.80 Å². The molecule has 24 heavy (non-hydrogen) atoms. The van der Waals surface area contributed by atoms with E-state index in [0.29, 0.717) is 18.3 Å². The number of hydrogen-bond donors (Lipinski definition) is 0. The molecule has 132 valence electrons. The van der Waals surface area contributed by atoms with Crippen LogP contribution in [0.3, 0.4) is 0 Å². The second-order valence-corrected chi connectivity index (χ2v) is 8.26. The Labute approximate surface area is 143 Å². The highest BCUT2D eigenvalue weighted by molar-refractivity contribution is 6.05. The Morgan fingerprint density at radius 3 is 1.83 bits per heavy atom. The van der Waals surface area contributed by atoms with Crippen molar-refractivity contribution in [3.8, 4) is 0 Å². The van der Waals surface area contributed by atoms with Crippen LogP contribution in [0.5, 0.6) is 0 Å². The Hall–Kier alpha value is -1.39. The quantitative estimate of drug-likeness (QED) is 0.672. The van der Waals surface area contributed by atoms with Crippen LogP contribution in [0.15, 0.2) is 0 Å². The van der Waals surface area contributed by atoms with Gasteiger partial charge in [0.2, 0.25) is 17.7 Å². The van der Waals surface area contributed by atoms with Gasteiger partial charge in [0, 0.05) is 26.1 Å². The fourth-order valence-electron chi connectivity index (χ4n) is 4.32. The van der Waals surface area contributed by atoms with Crippen LogP contribution in [0.4, 0.5) is 0 Å². The number of hydrogen-bond acceptors (Lipinski definition) is 3. The van der Waals surface area contributed by atoms with Crippen LogP contribution in [0.1, 0.15) is 57.8 Å². The van der Waals surface area contributed by atoms with E-state index in [-0.39, 0.29) is 36.1 Å². The highest BCUT2D eigenvalue weighted by Gasteiger charge is 2.48. The fraction of sp³-hybridized carbons (Fsp3) is 0.842. The molecule has 1 saturated heterocycles. The average Bonchev–Trinajstić information content (AvgIpc) is 3.49. The lowest BCUT2D eigenvalue weighted by molar-refractivity contribution is -0.141. The zero-order chi connectivity index (χ0) is 16.7. The predicted octanol–water partition coefficient (Wildman–Crippen LogP) is 2.20. The second-order valence-electron chi connectivity index (χ2n) is 8.26. The lowest BCUT2D eigenvalue weighted by Gasteiger charge is -2.24. The Bertz CT molecular complexity index is 501. The van der Waals surface area contributed by atoms with Crippen LogP contribution in [-0.4, -0.2) is 47.2 Å². The molecule has 0 aromatic carbocycles. The maximum atomic E-state index is 12.6. The van der Waals surface area contributed by atoms with Crippen LogP contribution in [0, 0.1) is 23.7 Å². The number of nitrogens with zero attached hydrogens (tertiary/aromatic N) is 2. The Balaban J connectivity index is 1.33. The van der Waals surface area contributed by atoms with Crippen molar-refractivity contribution >= 4 is 17.7 Å². The lowest BCUT2D eigenvalue weighted by atomic mass is 9.81. The van der Waals surface area contributed by atoms with Gasteiger partial charge in [0.25, 0.3) is 0 Å². The number of imide groups is 1. The van der Waals surface area contributed by atoms with E-state index >= 15 is 0 Å². The van der Waals surface area contributed by atoms with Crippen LogP contribution in [0.2, 0.25) is 0 Å². The third kappa shape index (κ3) is 3.35. The van der Waals surface area contributed by atoms with E-state index in [1.807, 2.05) is 4.90 Å². The van der Waals surface area contributed by atoms with E-state index in [1.165, 1.54) is 30.6 Å². The molecule has 5 heteroatoms. The van der Waals surface area contributed by atoms with Crippen molar-refractivity contribution in [2.45, 2.75) is 57.8 Å². The van der Waals surface area contributed by atoms with Gasteiger partial charge in [-0.3, -0.25) is 19.3 Å². The Morgan fingerprint density at radius 2 is 1.38 bits per heavy atom. The fourth-order valence-corrected chi connectivity index (χ4v) is 4.32. The minimum absolute atomic E-state index is 0.0200. The monoisotopic (exact) mass is 332 g/mol. The third-order valence-electron chi connectivity index (χ3n) is 6.19. The predicted molar refractivity (Wildman–Crippen MR) is 88.8 cm³/mol. The first-order chi connectivity index (χ1) is 11.6. The topological polar surface area (TPSA) is 57.7 Å². The van der Waals surface area contributed by atoms with Gasteiger partial charge in [-0.2, -0.15) is 0 Å². The molecule has 3 amide bonds. The largest absolute Gasteiger partial charge is 0.342 e. The first-order valence-electron chi connectivity index (χ1n) is 9.76. The Kier molecular flexibility index (Phi) is 4.35. The molecule has 3 aliphatic carbocycles. The average molecular weight is 332 g/mol. The summed E-state index contributed by atoms with van der Waals surface area (Å²) in [6.07, 6.45) is 9.03.